The monoisotopic (exact) mass is 271 g/mol. The van der Waals surface area contributed by atoms with Gasteiger partial charge in [0.25, 0.3) is 0 Å². The number of hydrogen-bond donors (Lipinski definition) is 1. The number of rotatable bonds is 6. The van der Waals surface area contributed by atoms with Gasteiger partial charge >= 0.3 is 0 Å². The minimum atomic E-state index is -1.00. The standard InChI is InChI=1S/C13H18ClNOS/c1-2-15-12(10-7-8-10)9-17(16)13-6-4-3-5-11(13)14/h3-6,10,12,15H,2,7-9H2,1H3. The fourth-order valence-corrected chi connectivity index (χ4v) is 3.81. The Labute approximate surface area is 110 Å². The molecule has 1 aromatic rings. The first-order chi connectivity index (χ1) is 8.22. The highest BCUT2D eigenvalue weighted by Gasteiger charge is 2.32. The zero-order valence-corrected chi connectivity index (χ0v) is 11.6. The van der Waals surface area contributed by atoms with Gasteiger partial charge in [-0.1, -0.05) is 30.7 Å². The molecule has 0 amide bonds. The number of benzene rings is 1. The first-order valence-electron chi connectivity index (χ1n) is 6.08. The molecule has 2 rings (SSSR count). The summed E-state index contributed by atoms with van der Waals surface area (Å²) in [7, 11) is -1.00. The molecule has 17 heavy (non-hydrogen) atoms. The maximum Gasteiger partial charge on any atom is 0.0574 e. The van der Waals surface area contributed by atoms with Gasteiger partial charge in [-0.05, 0) is 37.4 Å². The van der Waals surface area contributed by atoms with Crippen molar-refractivity contribution in [2.75, 3.05) is 12.3 Å². The molecule has 0 spiro atoms. The molecular weight excluding hydrogens is 254 g/mol. The fourth-order valence-electron chi connectivity index (χ4n) is 2.00. The van der Waals surface area contributed by atoms with Crippen molar-refractivity contribution in [2.24, 2.45) is 5.92 Å². The molecule has 0 bridgehead atoms. The quantitative estimate of drug-likeness (QED) is 0.862. The van der Waals surface area contributed by atoms with Crippen LogP contribution >= 0.6 is 11.6 Å². The Bertz CT molecular complexity index is 406. The summed E-state index contributed by atoms with van der Waals surface area (Å²) in [5.74, 6) is 1.38. The maximum absolute atomic E-state index is 12.3. The SMILES string of the molecule is CCNC(CS(=O)c1ccccc1Cl)C1CC1. The highest BCUT2D eigenvalue weighted by atomic mass is 35.5. The molecule has 0 aromatic heterocycles. The molecule has 0 radical (unpaired) electrons. The molecule has 4 heteroatoms. The molecular formula is C13H18ClNOS. The van der Waals surface area contributed by atoms with E-state index in [-0.39, 0.29) is 0 Å². The highest BCUT2D eigenvalue weighted by Crippen LogP contribution is 2.33. The minimum absolute atomic E-state index is 0.372. The Balaban J connectivity index is 2.02. The lowest BCUT2D eigenvalue weighted by molar-refractivity contribution is 0.514. The first-order valence-corrected chi connectivity index (χ1v) is 7.78. The second kappa shape index (κ2) is 5.98. The van der Waals surface area contributed by atoms with Gasteiger partial charge in [-0.25, -0.2) is 0 Å². The molecule has 2 nitrogen and oxygen atoms in total. The fraction of sp³-hybridized carbons (Fsp3) is 0.538. The van der Waals surface area contributed by atoms with Gasteiger partial charge in [-0.2, -0.15) is 0 Å². The Morgan fingerprint density at radius 2 is 2.18 bits per heavy atom. The van der Waals surface area contributed by atoms with E-state index in [0.717, 1.165) is 11.4 Å². The lowest BCUT2D eigenvalue weighted by Crippen LogP contribution is -2.35. The van der Waals surface area contributed by atoms with Crippen molar-refractivity contribution in [3.8, 4) is 0 Å². The summed E-state index contributed by atoms with van der Waals surface area (Å²) in [5, 5.41) is 4.04. The van der Waals surface area contributed by atoms with Gasteiger partial charge < -0.3 is 5.32 Å². The van der Waals surface area contributed by atoms with Crippen molar-refractivity contribution in [2.45, 2.75) is 30.7 Å². The van der Waals surface area contributed by atoms with E-state index in [9.17, 15) is 4.21 Å². The van der Waals surface area contributed by atoms with Gasteiger partial charge in [0, 0.05) is 11.8 Å². The van der Waals surface area contributed by atoms with Crippen molar-refractivity contribution in [1.82, 2.24) is 5.32 Å². The summed E-state index contributed by atoms with van der Waals surface area (Å²) in [5.41, 5.74) is 0. The Morgan fingerprint density at radius 3 is 2.76 bits per heavy atom. The number of halogens is 1. The average molecular weight is 272 g/mol. The number of nitrogens with one attached hydrogen (secondary N) is 1. The Hall–Kier alpha value is -0.380. The van der Waals surface area contributed by atoms with E-state index in [1.54, 1.807) is 6.07 Å². The van der Waals surface area contributed by atoms with Crippen molar-refractivity contribution < 1.29 is 4.21 Å². The van der Waals surface area contributed by atoms with E-state index in [1.165, 1.54) is 12.8 Å². The van der Waals surface area contributed by atoms with Crippen molar-refractivity contribution in [3.05, 3.63) is 29.3 Å². The van der Waals surface area contributed by atoms with Gasteiger partial charge in [0.15, 0.2) is 0 Å². The normalized spacial score (nSPS) is 18.9. The van der Waals surface area contributed by atoms with Crippen LogP contribution in [0, 0.1) is 5.92 Å². The summed E-state index contributed by atoms with van der Waals surface area (Å²) in [6, 6.07) is 7.78. The van der Waals surface area contributed by atoms with Crippen LogP contribution in [0.3, 0.4) is 0 Å². The van der Waals surface area contributed by atoms with Crippen molar-refractivity contribution in [3.63, 3.8) is 0 Å². The van der Waals surface area contributed by atoms with E-state index in [0.29, 0.717) is 22.7 Å². The van der Waals surface area contributed by atoms with Crippen molar-refractivity contribution in [1.29, 1.82) is 0 Å². The maximum atomic E-state index is 12.3. The largest absolute Gasteiger partial charge is 0.313 e. The predicted octanol–water partition coefficient (Wildman–Crippen LogP) is 2.84. The molecule has 0 aliphatic heterocycles. The van der Waals surface area contributed by atoms with Crippen LogP contribution in [0.15, 0.2) is 29.2 Å². The molecule has 1 saturated carbocycles. The number of hydrogen-bond acceptors (Lipinski definition) is 2. The third-order valence-electron chi connectivity index (χ3n) is 3.07. The molecule has 1 aliphatic rings. The van der Waals surface area contributed by atoms with Gasteiger partial charge in [0.05, 0.1) is 20.7 Å². The Morgan fingerprint density at radius 1 is 1.47 bits per heavy atom. The van der Waals surface area contributed by atoms with E-state index in [1.807, 2.05) is 18.2 Å². The van der Waals surface area contributed by atoms with Crippen LogP contribution in [-0.2, 0) is 10.8 Å². The van der Waals surface area contributed by atoms with Gasteiger partial charge in [0.2, 0.25) is 0 Å². The summed E-state index contributed by atoms with van der Waals surface area (Å²) in [6.45, 7) is 3.02. The summed E-state index contributed by atoms with van der Waals surface area (Å²) >= 11 is 6.06. The van der Waals surface area contributed by atoms with Crippen molar-refractivity contribution >= 4 is 22.4 Å². The van der Waals surface area contributed by atoms with Crippen LogP contribution in [0.5, 0.6) is 0 Å². The zero-order valence-electron chi connectivity index (χ0n) is 9.99. The third-order valence-corrected chi connectivity index (χ3v) is 5.02. The summed E-state index contributed by atoms with van der Waals surface area (Å²) < 4.78 is 12.3. The zero-order chi connectivity index (χ0) is 12.3. The molecule has 1 aliphatic carbocycles. The molecule has 0 heterocycles. The van der Waals surface area contributed by atoms with Crippen LogP contribution in [0.2, 0.25) is 5.02 Å². The van der Waals surface area contributed by atoms with Crippen LogP contribution in [0.1, 0.15) is 19.8 Å². The molecule has 94 valence electrons. The van der Waals surface area contributed by atoms with E-state index >= 15 is 0 Å². The predicted molar refractivity (Wildman–Crippen MR) is 72.9 cm³/mol. The topological polar surface area (TPSA) is 29.1 Å². The summed E-state index contributed by atoms with van der Waals surface area (Å²) in [4.78, 5) is 0.762. The first kappa shape index (κ1) is 13.1. The molecule has 1 N–H and O–H groups in total. The second-order valence-corrected chi connectivity index (χ2v) is 6.32. The Kier molecular flexibility index (Phi) is 4.60. The van der Waals surface area contributed by atoms with Gasteiger partial charge in [-0.15, -0.1) is 0 Å². The smallest absolute Gasteiger partial charge is 0.0574 e. The van der Waals surface area contributed by atoms with Crippen LogP contribution in [0.25, 0.3) is 0 Å². The van der Waals surface area contributed by atoms with Gasteiger partial charge in [0.1, 0.15) is 0 Å². The molecule has 1 aromatic carbocycles. The summed E-state index contributed by atoms with van der Waals surface area (Å²) in [6.07, 6.45) is 2.52. The molecule has 2 unspecified atom stereocenters. The lowest BCUT2D eigenvalue weighted by Gasteiger charge is -2.17. The lowest BCUT2D eigenvalue weighted by atomic mass is 10.2. The minimum Gasteiger partial charge on any atom is -0.313 e. The van der Waals surface area contributed by atoms with Crippen LogP contribution in [0.4, 0.5) is 0 Å². The van der Waals surface area contributed by atoms with E-state index in [4.69, 9.17) is 11.6 Å². The van der Waals surface area contributed by atoms with E-state index in [2.05, 4.69) is 12.2 Å². The van der Waals surface area contributed by atoms with Gasteiger partial charge in [-0.3, -0.25) is 4.21 Å². The van der Waals surface area contributed by atoms with Crippen LogP contribution in [-0.4, -0.2) is 22.5 Å². The van der Waals surface area contributed by atoms with E-state index < -0.39 is 10.8 Å². The third kappa shape index (κ3) is 3.54. The molecule has 0 saturated heterocycles. The van der Waals surface area contributed by atoms with Crippen LogP contribution < -0.4 is 5.32 Å². The molecule has 1 fully saturated rings. The molecule has 2 atom stereocenters. The second-order valence-electron chi connectivity index (χ2n) is 4.44. The average Bonchev–Trinajstić information content (AvgIpc) is 3.12. The highest BCUT2D eigenvalue weighted by molar-refractivity contribution is 7.85.